The highest BCUT2D eigenvalue weighted by Gasteiger charge is 2.17. The van der Waals surface area contributed by atoms with Crippen LogP contribution in [-0.4, -0.2) is 36.3 Å². The highest BCUT2D eigenvalue weighted by molar-refractivity contribution is 5.90. The molecule has 6 heteroatoms. The van der Waals surface area contributed by atoms with Gasteiger partial charge in [-0.15, -0.1) is 0 Å². The van der Waals surface area contributed by atoms with Crippen molar-refractivity contribution in [3.63, 3.8) is 0 Å². The van der Waals surface area contributed by atoms with Crippen LogP contribution in [0.5, 0.6) is 0 Å². The van der Waals surface area contributed by atoms with Crippen molar-refractivity contribution in [2.75, 3.05) is 42.3 Å². The van der Waals surface area contributed by atoms with E-state index in [4.69, 9.17) is 15.5 Å². The molecular weight excluding hydrogens is 302 g/mol. The van der Waals surface area contributed by atoms with Crippen LogP contribution in [0.3, 0.4) is 0 Å². The Labute approximate surface area is 140 Å². The van der Waals surface area contributed by atoms with Gasteiger partial charge in [-0.25, -0.2) is 4.98 Å². The van der Waals surface area contributed by atoms with Crippen LogP contribution in [0.2, 0.25) is 0 Å². The Bertz CT molecular complexity index is 844. The van der Waals surface area contributed by atoms with E-state index in [-0.39, 0.29) is 0 Å². The van der Waals surface area contributed by atoms with Crippen molar-refractivity contribution in [2.45, 2.75) is 0 Å². The molecule has 0 atom stereocenters. The van der Waals surface area contributed by atoms with Gasteiger partial charge in [0.2, 0.25) is 5.95 Å². The average Bonchev–Trinajstić information content (AvgIpc) is 2.64. The van der Waals surface area contributed by atoms with E-state index in [1.54, 1.807) is 0 Å². The normalized spacial score (nSPS) is 14.8. The Morgan fingerprint density at radius 2 is 1.71 bits per heavy atom. The summed E-state index contributed by atoms with van der Waals surface area (Å²) < 4.78 is 5.46. The smallest absolute Gasteiger partial charge is 0.229 e. The van der Waals surface area contributed by atoms with Gasteiger partial charge in [0, 0.05) is 29.9 Å². The molecule has 2 heterocycles. The summed E-state index contributed by atoms with van der Waals surface area (Å²) in [6, 6.07) is 15.6. The number of aromatic nitrogens is 2. The summed E-state index contributed by atoms with van der Waals surface area (Å²) in [5, 5.41) is 4.32. The van der Waals surface area contributed by atoms with Crippen LogP contribution in [0.25, 0.3) is 10.9 Å². The number of nitrogens with zero attached hydrogens (tertiary/aromatic N) is 3. The molecule has 0 unspecified atom stereocenters. The predicted octanol–water partition coefficient (Wildman–Crippen LogP) is 2.79. The van der Waals surface area contributed by atoms with E-state index >= 15 is 0 Å². The molecule has 0 radical (unpaired) electrons. The fourth-order valence-corrected chi connectivity index (χ4v) is 2.83. The number of benzene rings is 2. The number of morpholine rings is 1. The molecule has 24 heavy (non-hydrogen) atoms. The third-order valence-corrected chi connectivity index (χ3v) is 4.06. The Kier molecular flexibility index (Phi) is 3.88. The summed E-state index contributed by atoms with van der Waals surface area (Å²) >= 11 is 0. The third kappa shape index (κ3) is 2.96. The van der Waals surface area contributed by atoms with E-state index in [0.29, 0.717) is 5.95 Å². The second-order valence-electron chi connectivity index (χ2n) is 5.73. The molecule has 1 aromatic heterocycles. The summed E-state index contributed by atoms with van der Waals surface area (Å²) in [6.07, 6.45) is 0. The zero-order valence-electron chi connectivity index (χ0n) is 13.3. The van der Waals surface area contributed by atoms with Gasteiger partial charge in [0.25, 0.3) is 0 Å². The lowest BCUT2D eigenvalue weighted by atomic mass is 10.2. The Hall–Kier alpha value is -2.86. The minimum absolute atomic E-state index is 0.583. The molecule has 1 aliphatic rings. The molecule has 3 aromatic rings. The first kappa shape index (κ1) is 14.7. The average molecular weight is 321 g/mol. The molecule has 0 spiro atoms. The summed E-state index contributed by atoms with van der Waals surface area (Å²) in [7, 11) is 0. The van der Waals surface area contributed by atoms with Crippen molar-refractivity contribution in [1.82, 2.24) is 9.97 Å². The Morgan fingerprint density at radius 3 is 2.50 bits per heavy atom. The van der Waals surface area contributed by atoms with Crippen LogP contribution in [0.1, 0.15) is 0 Å². The number of ether oxygens (including phenoxy) is 1. The molecular formula is C18H19N5O. The van der Waals surface area contributed by atoms with Crippen molar-refractivity contribution in [3.05, 3.63) is 48.5 Å². The van der Waals surface area contributed by atoms with E-state index in [9.17, 15) is 0 Å². The van der Waals surface area contributed by atoms with E-state index in [1.807, 2.05) is 42.5 Å². The zero-order valence-corrected chi connectivity index (χ0v) is 13.3. The van der Waals surface area contributed by atoms with Crippen LogP contribution in [0, 0.1) is 0 Å². The van der Waals surface area contributed by atoms with Crippen molar-refractivity contribution in [1.29, 1.82) is 0 Å². The van der Waals surface area contributed by atoms with Gasteiger partial charge in [-0.1, -0.05) is 12.1 Å². The number of nitrogens with two attached hydrogens (primary N) is 1. The van der Waals surface area contributed by atoms with Crippen molar-refractivity contribution < 1.29 is 4.74 Å². The van der Waals surface area contributed by atoms with Crippen LogP contribution in [0.15, 0.2) is 48.5 Å². The number of para-hydroxylation sites is 1. The first-order valence-electron chi connectivity index (χ1n) is 8.02. The van der Waals surface area contributed by atoms with Gasteiger partial charge in [-0.2, -0.15) is 4.98 Å². The molecule has 6 nitrogen and oxygen atoms in total. The number of anilines is 4. The number of hydrogen-bond donors (Lipinski definition) is 2. The van der Waals surface area contributed by atoms with Crippen LogP contribution >= 0.6 is 0 Å². The molecule has 0 aliphatic carbocycles. The fraction of sp³-hybridized carbons (Fsp3) is 0.222. The second-order valence-corrected chi connectivity index (χ2v) is 5.73. The number of fused-ring (bicyclic) bond motifs is 1. The standard InChI is InChI=1S/C18H19N5O/c19-13-5-7-14(8-6-13)20-18-21-16-4-2-1-3-15(16)17(22-18)23-9-11-24-12-10-23/h1-8H,9-12,19H2,(H,20,21,22). The zero-order chi connectivity index (χ0) is 16.4. The molecule has 0 saturated carbocycles. The highest BCUT2D eigenvalue weighted by atomic mass is 16.5. The van der Waals surface area contributed by atoms with Gasteiger partial charge in [-0.3, -0.25) is 0 Å². The molecule has 4 rings (SSSR count). The predicted molar refractivity (Wildman–Crippen MR) is 96.7 cm³/mol. The summed E-state index contributed by atoms with van der Waals surface area (Å²) in [4.78, 5) is 11.6. The monoisotopic (exact) mass is 321 g/mol. The topological polar surface area (TPSA) is 76.3 Å². The second kappa shape index (κ2) is 6.33. The van der Waals surface area contributed by atoms with E-state index in [0.717, 1.165) is 54.4 Å². The largest absolute Gasteiger partial charge is 0.399 e. The summed E-state index contributed by atoms with van der Waals surface area (Å²) in [6.45, 7) is 3.11. The quantitative estimate of drug-likeness (QED) is 0.723. The maximum Gasteiger partial charge on any atom is 0.229 e. The minimum atomic E-state index is 0.583. The SMILES string of the molecule is Nc1ccc(Nc2nc(N3CCOCC3)c3ccccc3n2)cc1. The number of nitrogens with one attached hydrogen (secondary N) is 1. The van der Waals surface area contributed by atoms with Crippen molar-refractivity contribution >= 4 is 34.0 Å². The fourth-order valence-electron chi connectivity index (χ4n) is 2.83. The lowest BCUT2D eigenvalue weighted by molar-refractivity contribution is 0.122. The molecule has 1 fully saturated rings. The molecule has 0 bridgehead atoms. The van der Waals surface area contributed by atoms with E-state index in [2.05, 4.69) is 21.3 Å². The highest BCUT2D eigenvalue weighted by Crippen LogP contribution is 2.27. The number of rotatable bonds is 3. The number of hydrogen-bond acceptors (Lipinski definition) is 6. The summed E-state index contributed by atoms with van der Waals surface area (Å²) in [5.41, 5.74) is 8.30. The molecule has 1 aliphatic heterocycles. The number of nitrogen functional groups attached to an aromatic ring is 1. The third-order valence-electron chi connectivity index (χ3n) is 4.06. The Morgan fingerprint density at radius 1 is 0.958 bits per heavy atom. The van der Waals surface area contributed by atoms with Crippen molar-refractivity contribution in [3.8, 4) is 0 Å². The summed E-state index contributed by atoms with van der Waals surface area (Å²) in [5.74, 6) is 1.53. The first-order valence-corrected chi connectivity index (χ1v) is 8.02. The van der Waals surface area contributed by atoms with Gasteiger partial charge >= 0.3 is 0 Å². The van der Waals surface area contributed by atoms with E-state index in [1.165, 1.54) is 0 Å². The maximum atomic E-state index is 5.74. The molecule has 2 aromatic carbocycles. The van der Waals surface area contributed by atoms with E-state index < -0.39 is 0 Å². The van der Waals surface area contributed by atoms with Gasteiger partial charge in [0.1, 0.15) is 5.82 Å². The van der Waals surface area contributed by atoms with Gasteiger partial charge in [0.05, 0.1) is 18.7 Å². The molecule has 1 saturated heterocycles. The van der Waals surface area contributed by atoms with Crippen molar-refractivity contribution in [2.24, 2.45) is 0 Å². The van der Waals surface area contributed by atoms with Gasteiger partial charge in [-0.05, 0) is 36.4 Å². The molecule has 3 N–H and O–H groups in total. The first-order chi connectivity index (χ1) is 11.8. The lowest BCUT2D eigenvalue weighted by Crippen LogP contribution is -2.37. The maximum absolute atomic E-state index is 5.74. The Balaban J connectivity index is 1.74. The molecule has 122 valence electrons. The lowest BCUT2D eigenvalue weighted by Gasteiger charge is -2.29. The van der Waals surface area contributed by atoms with Gasteiger partial charge < -0.3 is 20.7 Å². The van der Waals surface area contributed by atoms with Crippen LogP contribution in [0.4, 0.5) is 23.1 Å². The van der Waals surface area contributed by atoms with Crippen LogP contribution in [-0.2, 0) is 4.74 Å². The molecule has 0 amide bonds. The van der Waals surface area contributed by atoms with Gasteiger partial charge in [0.15, 0.2) is 0 Å². The minimum Gasteiger partial charge on any atom is -0.399 e. The van der Waals surface area contributed by atoms with Crippen LogP contribution < -0.4 is 16.0 Å².